The second kappa shape index (κ2) is 6.43. The van der Waals surface area contributed by atoms with E-state index in [-0.39, 0.29) is 0 Å². The van der Waals surface area contributed by atoms with Gasteiger partial charge in [0.1, 0.15) is 5.82 Å². The van der Waals surface area contributed by atoms with Crippen LogP contribution in [-0.2, 0) is 6.54 Å². The highest BCUT2D eigenvalue weighted by molar-refractivity contribution is 7.09. The Bertz CT molecular complexity index is 578. The highest BCUT2D eigenvalue weighted by Crippen LogP contribution is 2.40. The Morgan fingerprint density at radius 2 is 2.24 bits per heavy atom. The smallest absolute Gasteiger partial charge is 0.225 e. The predicted molar refractivity (Wildman–Crippen MR) is 89.0 cm³/mol. The van der Waals surface area contributed by atoms with Crippen molar-refractivity contribution in [2.24, 2.45) is 0 Å². The Morgan fingerprint density at radius 3 is 2.90 bits per heavy atom. The summed E-state index contributed by atoms with van der Waals surface area (Å²) in [6.07, 6.45) is 3.57. The number of aromatic nitrogens is 2. The van der Waals surface area contributed by atoms with Gasteiger partial charge >= 0.3 is 0 Å². The monoisotopic (exact) mass is 302 g/mol. The molecular weight excluding hydrogens is 280 g/mol. The molecule has 112 valence electrons. The largest absolute Gasteiger partial charge is 0.365 e. The molecule has 0 bridgehead atoms. The SMILES string of the molecule is CC[C@H](C)Nc1nc(NCc2cccs2)cc(C2CC2)n1. The number of rotatable bonds is 7. The van der Waals surface area contributed by atoms with Crippen LogP contribution < -0.4 is 10.6 Å². The third kappa shape index (κ3) is 3.94. The van der Waals surface area contributed by atoms with Crippen LogP contribution in [0.5, 0.6) is 0 Å². The van der Waals surface area contributed by atoms with Crippen LogP contribution in [0, 0.1) is 0 Å². The average molecular weight is 302 g/mol. The zero-order valence-electron chi connectivity index (χ0n) is 12.6. The normalized spacial score (nSPS) is 15.7. The van der Waals surface area contributed by atoms with Crippen molar-refractivity contribution >= 4 is 23.1 Å². The number of nitrogens with zero attached hydrogens (tertiary/aromatic N) is 2. The molecule has 1 aliphatic carbocycles. The molecule has 4 nitrogen and oxygen atoms in total. The van der Waals surface area contributed by atoms with Crippen LogP contribution in [0.1, 0.15) is 49.6 Å². The van der Waals surface area contributed by atoms with E-state index in [4.69, 9.17) is 0 Å². The van der Waals surface area contributed by atoms with E-state index < -0.39 is 0 Å². The van der Waals surface area contributed by atoms with E-state index in [9.17, 15) is 0 Å². The highest BCUT2D eigenvalue weighted by atomic mass is 32.1. The van der Waals surface area contributed by atoms with Crippen molar-refractivity contribution in [1.29, 1.82) is 0 Å². The average Bonchev–Trinajstić information content (AvgIpc) is 3.21. The summed E-state index contributed by atoms with van der Waals surface area (Å²) in [5, 5.41) is 8.91. The molecule has 0 saturated heterocycles. The molecule has 1 saturated carbocycles. The van der Waals surface area contributed by atoms with Gasteiger partial charge in [0.15, 0.2) is 0 Å². The van der Waals surface area contributed by atoms with Crippen LogP contribution in [0.15, 0.2) is 23.6 Å². The summed E-state index contributed by atoms with van der Waals surface area (Å²) < 4.78 is 0. The van der Waals surface area contributed by atoms with E-state index in [1.807, 2.05) is 0 Å². The number of hydrogen-bond acceptors (Lipinski definition) is 5. The number of hydrogen-bond donors (Lipinski definition) is 2. The summed E-state index contributed by atoms with van der Waals surface area (Å²) >= 11 is 1.76. The fourth-order valence-electron chi connectivity index (χ4n) is 2.12. The topological polar surface area (TPSA) is 49.8 Å². The van der Waals surface area contributed by atoms with Crippen molar-refractivity contribution in [3.8, 4) is 0 Å². The summed E-state index contributed by atoms with van der Waals surface area (Å²) in [7, 11) is 0. The van der Waals surface area contributed by atoms with Crippen molar-refractivity contribution in [2.45, 2.75) is 51.6 Å². The molecule has 0 unspecified atom stereocenters. The molecule has 1 aliphatic rings. The maximum absolute atomic E-state index is 4.67. The van der Waals surface area contributed by atoms with Crippen LogP contribution in [0.4, 0.5) is 11.8 Å². The first-order valence-corrected chi connectivity index (χ1v) is 8.54. The fourth-order valence-corrected chi connectivity index (χ4v) is 2.77. The molecule has 0 aliphatic heterocycles. The molecule has 2 heterocycles. The van der Waals surface area contributed by atoms with Gasteiger partial charge in [-0.05, 0) is 37.6 Å². The predicted octanol–water partition coefficient (Wildman–Crippen LogP) is 4.24. The zero-order valence-corrected chi connectivity index (χ0v) is 13.4. The lowest BCUT2D eigenvalue weighted by molar-refractivity contribution is 0.750. The van der Waals surface area contributed by atoms with Crippen LogP contribution in [0.2, 0.25) is 0 Å². The molecule has 0 aromatic carbocycles. The standard InChI is InChI=1S/C16H22N4S/c1-3-11(2)18-16-19-14(12-6-7-12)9-15(20-16)17-10-13-5-4-8-21-13/h4-5,8-9,11-12H,3,6-7,10H2,1-2H3,(H2,17,18,19,20)/t11-/m0/s1. The Morgan fingerprint density at radius 1 is 1.38 bits per heavy atom. The number of thiophene rings is 1. The molecule has 5 heteroatoms. The first-order valence-electron chi connectivity index (χ1n) is 7.66. The Kier molecular flexibility index (Phi) is 4.39. The quantitative estimate of drug-likeness (QED) is 0.803. The lowest BCUT2D eigenvalue weighted by Gasteiger charge is -2.14. The highest BCUT2D eigenvalue weighted by Gasteiger charge is 2.26. The van der Waals surface area contributed by atoms with Gasteiger partial charge in [-0.3, -0.25) is 0 Å². The van der Waals surface area contributed by atoms with Gasteiger partial charge in [0.2, 0.25) is 5.95 Å². The molecular formula is C16H22N4S. The van der Waals surface area contributed by atoms with Gasteiger partial charge in [0, 0.05) is 22.9 Å². The Hall–Kier alpha value is -1.62. The van der Waals surface area contributed by atoms with E-state index in [1.54, 1.807) is 11.3 Å². The number of anilines is 2. The molecule has 1 atom stereocenters. The van der Waals surface area contributed by atoms with Gasteiger partial charge in [-0.15, -0.1) is 11.3 Å². The second-order valence-corrected chi connectivity index (χ2v) is 6.69. The lowest BCUT2D eigenvalue weighted by Crippen LogP contribution is -2.17. The van der Waals surface area contributed by atoms with Gasteiger partial charge in [0.25, 0.3) is 0 Å². The van der Waals surface area contributed by atoms with Gasteiger partial charge in [0.05, 0.1) is 12.2 Å². The molecule has 0 amide bonds. The van der Waals surface area contributed by atoms with E-state index in [0.717, 1.165) is 24.7 Å². The van der Waals surface area contributed by atoms with Crippen molar-refractivity contribution in [3.05, 3.63) is 34.2 Å². The summed E-state index contributed by atoms with van der Waals surface area (Å²) in [6.45, 7) is 5.14. The third-order valence-corrected chi connectivity index (χ3v) is 4.63. The Balaban J connectivity index is 1.74. The third-order valence-electron chi connectivity index (χ3n) is 3.75. The molecule has 1 fully saturated rings. The summed E-state index contributed by atoms with van der Waals surface area (Å²) in [5.74, 6) is 2.31. The van der Waals surface area contributed by atoms with Crippen molar-refractivity contribution < 1.29 is 0 Å². The molecule has 3 rings (SSSR count). The minimum atomic E-state index is 0.393. The molecule has 0 spiro atoms. The fraction of sp³-hybridized carbons (Fsp3) is 0.500. The minimum Gasteiger partial charge on any atom is -0.365 e. The second-order valence-electron chi connectivity index (χ2n) is 5.66. The summed E-state index contributed by atoms with van der Waals surface area (Å²) in [5.41, 5.74) is 1.17. The molecule has 2 N–H and O–H groups in total. The van der Waals surface area contributed by atoms with Crippen molar-refractivity contribution in [2.75, 3.05) is 10.6 Å². The van der Waals surface area contributed by atoms with Crippen molar-refractivity contribution in [3.63, 3.8) is 0 Å². The number of nitrogens with one attached hydrogen (secondary N) is 2. The summed E-state index contributed by atoms with van der Waals surface area (Å²) in [6, 6.07) is 6.71. The molecule has 21 heavy (non-hydrogen) atoms. The van der Waals surface area contributed by atoms with E-state index in [2.05, 4.69) is 58.0 Å². The lowest BCUT2D eigenvalue weighted by atomic mass is 10.2. The van der Waals surface area contributed by atoms with Crippen LogP contribution >= 0.6 is 11.3 Å². The van der Waals surface area contributed by atoms with Crippen LogP contribution in [0.25, 0.3) is 0 Å². The van der Waals surface area contributed by atoms with Gasteiger partial charge in [-0.1, -0.05) is 13.0 Å². The molecule has 2 aromatic rings. The van der Waals surface area contributed by atoms with Gasteiger partial charge in [-0.25, -0.2) is 4.98 Å². The zero-order chi connectivity index (χ0) is 14.7. The summed E-state index contributed by atoms with van der Waals surface area (Å²) in [4.78, 5) is 10.6. The van der Waals surface area contributed by atoms with Gasteiger partial charge < -0.3 is 10.6 Å². The maximum Gasteiger partial charge on any atom is 0.225 e. The van der Waals surface area contributed by atoms with E-state index >= 15 is 0 Å². The first kappa shape index (κ1) is 14.3. The van der Waals surface area contributed by atoms with Crippen LogP contribution in [0.3, 0.4) is 0 Å². The van der Waals surface area contributed by atoms with Crippen LogP contribution in [-0.4, -0.2) is 16.0 Å². The molecule has 2 aromatic heterocycles. The van der Waals surface area contributed by atoms with E-state index in [1.165, 1.54) is 23.4 Å². The minimum absolute atomic E-state index is 0.393. The van der Waals surface area contributed by atoms with Crippen molar-refractivity contribution in [1.82, 2.24) is 9.97 Å². The van der Waals surface area contributed by atoms with E-state index in [0.29, 0.717) is 12.0 Å². The molecule has 0 radical (unpaired) electrons. The Labute approximate surface area is 130 Å². The van der Waals surface area contributed by atoms with Gasteiger partial charge in [-0.2, -0.15) is 4.98 Å². The maximum atomic E-state index is 4.67. The first-order chi connectivity index (χ1) is 10.2.